The van der Waals surface area contributed by atoms with Crippen molar-refractivity contribution in [1.29, 1.82) is 0 Å². The van der Waals surface area contributed by atoms with Crippen LogP contribution in [-0.2, 0) is 11.2 Å². The van der Waals surface area contributed by atoms with Gasteiger partial charge in [-0.15, -0.1) is 0 Å². The van der Waals surface area contributed by atoms with Crippen molar-refractivity contribution in [1.82, 2.24) is 10.2 Å². The molecular formula is C23H31N3O3. The predicted octanol–water partition coefficient (Wildman–Crippen LogP) is 2.49. The largest absolute Gasteiger partial charge is 0.493 e. The molecule has 156 valence electrons. The highest BCUT2D eigenvalue weighted by Gasteiger charge is 2.20. The third-order valence-electron chi connectivity index (χ3n) is 5.31. The van der Waals surface area contributed by atoms with Gasteiger partial charge in [0.15, 0.2) is 11.5 Å². The molecule has 1 aliphatic heterocycles. The van der Waals surface area contributed by atoms with Gasteiger partial charge in [0.1, 0.15) is 0 Å². The molecule has 0 aliphatic carbocycles. The summed E-state index contributed by atoms with van der Waals surface area (Å²) in [6.45, 7) is 6.51. The topological polar surface area (TPSA) is 54.0 Å². The SMILES string of the molecule is COc1ccc(CCNCC(=O)N2CCN(c3cccc(C)c3)CC2)cc1OC. The number of anilines is 1. The highest BCUT2D eigenvalue weighted by atomic mass is 16.5. The predicted molar refractivity (Wildman–Crippen MR) is 116 cm³/mol. The number of aryl methyl sites for hydroxylation is 1. The lowest BCUT2D eigenvalue weighted by Crippen LogP contribution is -2.51. The Morgan fingerprint density at radius 1 is 1.00 bits per heavy atom. The van der Waals surface area contributed by atoms with E-state index in [2.05, 4.69) is 41.4 Å². The van der Waals surface area contributed by atoms with Crippen molar-refractivity contribution in [3.63, 3.8) is 0 Å². The zero-order valence-electron chi connectivity index (χ0n) is 17.6. The zero-order valence-corrected chi connectivity index (χ0v) is 17.6. The van der Waals surface area contributed by atoms with Crippen molar-refractivity contribution in [2.75, 3.05) is 58.4 Å². The molecule has 0 atom stereocenters. The lowest BCUT2D eigenvalue weighted by atomic mass is 10.1. The normalized spacial score (nSPS) is 14.0. The molecule has 1 fully saturated rings. The molecule has 0 aromatic heterocycles. The smallest absolute Gasteiger partial charge is 0.236 e. The van der Waals surface area contributed by atoms with Gasteiger partial charge in [0.2, 0.25) is 5.91 Å². The molecule has 2 aromatic rings. The van der Waals surface area contributed by atoms with Crippen LogP contribution in [0.3, 0.4) is 0 Å². The van der Waals surface area contributed by atoms with Crippen molar-refractivity contribution < 1.29 is 14.3 Å². The summed E-state index contributed by atoms with van der Waals surface area (Å²) in [4.78, 5) is 16.8. The molecule has 2 aromatic carbocycles. The van der Waals surface area contributed by atoms with Gasteiger partial charge in [0.25, 0.3) is 0 Å². The number of carbonyl (C=O) groups excluding carboxylic acids is 1. The average Bonchev–Trinajstić information content (AvgIpc) is 2.76. The number of hydrogen-bond donors (Lipinski definition) is 1. The van der Waals surface area contributed by atoms with E-state index in [0.717, 1.165) is 56.2 Å². The molecule has 3 rings (SSSR count). The van der Waals surface area contributed by atoms with Gasteiger partial charge in [-0.05, 0) is 55.3 Å². The molecule has 6 nitrogen and oxygen atoms in total. The van der Waals surface area contributed by atoms with Gasteiger partial charge in [-0.3, -0.25) is 4.79 Å². The number of ether oxygens (including phenoxy) is 2. The molecule has 0 radical (unpaired) electrons. The quantitative estimate of drug-likeness (QED) is 0.694. The Morgan fingerprint density at radius 2 is 1.76 bits per heavy atom. The summed E-state index contributed by atoms with van der Waals surface area (Å²) in [7, 11) is 3.27. The lowest BCUT2D eigenvalue weighted by molar-refractivity contribution is -0.130. The van der Waals surface area contributed by atoms with Crippen LogP contribution in [0, 0.1) is 6.92 Å². The molecule has 0 saturated carbocycles. The van der Waals surface area contributed by atoms with E-state index in [1.54, 1.807) is 14.2 Å². The molecule has 1 aliphatic rings. The third-order valence-corrected chi connectivity index (χ3v) is 5.31. The lowest BCUT2D eigenvalue weighted by Gasteiger charge is -2.36. The summed E-state index contributed by atoms with van der Waals surface area (Å²) in [5.41, 5.74) is 3.65. The Bertz CT molecular complexity index is 817. The molecule has 1 saturated heterocycles. The molecule has 6 heteroatoms. The van der Waals surface area contributed by atoms with E-state index in [-0.39, 0.29) is 5.91 Å². The number of benzene rings is 2. The van der Waals surface area contributed by atoms with Gasteiger partial charge in [-0.2, -0.15) is 0 Å². The van der Waals surface area contributed by atoms with E-state index in [9.17, 15) is 4.79 Å². The Labute approximate surface area is 173 Å². The number of nitrogens with zero attached hydrogens (tertiary/aromatic N) is 2. The summed E-state index contributed by atoms with van der Waals surface area (Å²) in [5.74, 6) is 1.62. The first-order chi connectivity index (χ1) is 14.1. The molecule has 0 spiro atoms. The minimum atomic E-state index is 0.168. The Hall–Kier alpha value is -2.73. The number of hydrogen-bond acceptors (Lipinski definition) is 5. The maximum Gasteiger partial charge on any atom is 0.236 e. The van der Waals surface area contributed by atoms with Crippen molar-refractivity contribution in [3.05, 3.63) is 53.6 Å². The first-order valence-corrected chi connectivity index (χ1v) is 10.1. The second-order valence-corrected chi connectivity index (χ2v) is 7.32. The molecule has 1 N–H and O–H groups in total. The summed E-state index contributed by atoms with van der Waals surface area (Å²) < 4.78 is 10.6. The maximum atomic E-state index is 12.5. The summed E-state index contributed by atoms with van der Waals surface area (Å²) in [5, 5.41) is 3.27. The van der Waals surface area contributed by atoms with Crippen LogP contribution in [0.1, 0.15) is 11.1 Å². The highest BCUT2D eigenvalue weighted by molar-refractivity contribution is 5.78. The van der Waals surface area contributed by atoms with Gasteiger partial charge in [0.05, 0.1) is 20.8 Å². The average molecular weight is 398 g/mol. The number of carbonyl (C=O) groups is 1. The number of piperazine rings is 1. The fourth-order valence-electron chi connectivity index (χ4n) is 3.61. The Balaban J connectivity index is 1.39. The minimum Gasteiger partial charge on any atom is -0.493 e. The van der Waals surface area contributed by atoms with Crippen LogP contribution in [0.15, 0.2) is 42.5 Å². The van der Waals surface area contributed by atoms with Crippen molar-refractivity contribution in [3.8, 4) is 11.5 Å². The maximum absolute atomic E-state index is 12.5. The van der Waals surface area contributed by atoms with Crippen LogP contribution in [0.4, 0.5) is 5.69 Å². The summed E-state index contributed by atoms with van der Waals surface area (Å²) in [6, 6.07) is 14.4. The molecular weight excluding hydrogens is 366 g/mol. The standard InChI is InChI=1S/C23H31N3O3/c1-18-5-4-6-20(15-18)25-11-13-26(14-12-25)23(27)17-24-10-9-19-7-8-21(28-2)22(16-19)29-3/h4-8,15-16,24H,9-14,17H2,1-3H3. The second-order valence-electron chi connectivity index (χ2n) is 7.32. The second kappa shape index (κ2) is 10.2. The van der Waals surface area contributed by atoms with Crippen LogP contribution in [0.2, 0.25) is 0 Å². The fraction of sp³-hybridized carbons (Fsp3) is 0.435. The van der Waals surface area contributed by atoms with Gasteiger partial charge >= 0.3 is 0 Å². The minimum absolute atomic E-state index is 0.168. The molecule has 1 heterocycles. The van der Waals surface area contributed by atoms with E-state index in [0.29, 0.717) is 6.54 Å². The molecule has 1 amide bonds. The van der Waals surface area contributed by atoms with Crippen LogP contribution in [0.5, 0.6) is 11.5 Å². The number of rotatable bonds is 8. The van der Waals surface area contributed by atoms with E-state index in [1.165, 1.54) is 11.3 Å². The van der Waals surface area contributed by atoms with Crippen LogP contribution >= 0.6 is 0 Å². The molecule has 29 heavy (non-hydrogen) atoms. The Kier molecular flexibility index (Phi) is 7.36. The van der Waals surface area contributed by atoms with E-state index in [4.69, 9.17) is 9.47 Å². The van der Waals surface area contributed by atoms with Gasteiger partial charge in [-0.1, -0.05) is 18.2 Å². The highest BCUT2D eigenvalue weighted by Crippen LogP contribution is 2.27. The van der Waals surface area contributed by atoms with Crippen molar-refractivity contribution in [2.45, 2.75) is 13.3 Å². The van der Waals surface area contributed by atoms with E-state index in [1.807, 2.05) is 23.1 Å². The first-order valence-electron chi connectivity index (χ1n) is 10.1. The number of amides is 1. The van der Waals surface area contributed by atoms with E-state index >= 15 is 0 Å². The Morgan fingerprint density at radius 3 is 2.45 bits per heavy atom. The molecule has 0 bridgehead atoms. The van der Waals surface area contributed by atoms with Crippen molar-refractivity contribution in [2.24, 2.45) is 0 Å². The van der Waals surface area contributed by atoms with Crippen molar-refractivity contribution >= 4 is 11.6 Å². The van der Waals surface area contributed by atoms with Crippen LogP contribution < -0.4 is 19.7 Å². The number of nitrogens with one attached hydrogen (secondary N) is 1. The molecule has 0 unspecified atom stereocenters. The summed E-state index contributed by atoms with van der Waals surface area (Å²) >= 11 is 0. The van der Waals surface area contributed by atoms with Gasteiger partial charge in [-0.25, -0.2) is 0 Å². The van der Waals surface area contributed by atoms with E-state index < -0.39 is 0 Å². The summed E-state index contributed by atoms with van der Waals surface area (Å²) in [6.07, 6.45) is 0.828. The first kappa shape index (κ1) is 21.0. The monoisotopic (exact) mass is 397 g/mol. The van der Waals surface area contributed by atoms with Gasteiger partial charge < -0.3 is 24.6 Å². The van der Waals surface area contributed by atoms with Gasteiger partial charge in [0, 0.05) is 31.9 Å². The third kappa shape index (κ3) is 5.64. The fourth-order valence-corrected chi connectivity index (χ4v) is 3.61. The number of methoxy groups -OCH3 is 2. The van der Waals surface area contributed by atoms with Crippen LogP contribution in [0.25, 0.3) is 0 Å². The van der Waals surface area contributed by atoms with Crippen LogP contribution in [-0.4, -0.2) is 64.3 Å². The zero-order chi connectivity index (χ0) is 20.6.